The minimum Gasteiger partial charge on any atom is -0.352 e. The van der Waals surface area contributed by atoms with E-state index in [2.05, 4.69) is 52.9 Å². The molecule has 1 aromatic rings. The summed E-state index contributed by atoms with van der Waals surface area (Å²) in [5.41, 5.74) is 3.86. The molecule has 1 atom stereocenters. The SMILES string of the molecule is CCc1nn(C)c(CC)c1CNC(=NC)N1CCC(N(CC)CC)C1.I. The standard InChI is InChI=1S/C19H36N6.HI/c1-7-17-16(18(8-2)23(6)22-17)13-21-19(20-5)25-12-11-15(14-25)24(9-3)10-4;/h15H,7-14H2,1-6H3,(H,20,21);1H. The van der Waals surface area contributed by atoms with Gasteiger partial charge in [-0.05, 0) is 32.4 Å². The van der Waals surface area contributed by atoms with Crippen molar-refractivity contribution in [2.24, 2.45) is 12.0 Å². The Hall–Kier alpha value is -0.830. The number of hydrogen-bond donors (Lipinski definition) is 1. The molecule has 2 heterocycles. The Kier molecular flexibility index (Phi) is 9.92. The van der Waals surface area contributed by atoms with Crippen molar-refractivity contribution in [1.82, 2.24) is 24.9 Å². The molecule has 2 rings (SSSR count). The van der Waals surface area contributed by atoms with Crippen LogP contribution >= 0.6 is 24.0 Å². The molecule has 1 saturated heterocycles. The van der Waals surface area contributed by atoms with Crippen LogP contribution in [0.2, 0.25) is 0 Å². The van der Waals surface area contributed by atoms with Gasteiger partial charge in [-0.15, -0.1) is 24.0 Å². The average Bonchev–Trinajstić information content (AvgIpc) is 3.21. The second kappa shape index (κ2) is 11.1. The molecule has 0 saturated carbocycles. The van der Waals surface area contributed by atoms with Gasteiger partial charge >= 0.3 is 0 Å². The Balaban J connectivity index is 0.00000338. The van der Waals surface area contributed by atoms with Crippen LogP contribution in [0.15, 0.2) is 4.99 Å². The number of likely N-dealkylation sites (tertiary alicyclic amines) is 1. The molecule has 0 bridgehead atoms. The number of nitrogens with one attached hydrogen (secondary N) is 1. The van der Waals surface area contributed by atoms with Crippen molar-refractivity contribution in [1.29, 1.82) is 0 Å². The molecule has 1 aromatic heterocycles. The van der Waals surface area contributed by atoms with E-state index in [1.165, 1.54) is 23.4 Å². The van der Waals surface area contributed by atoms with Gasteiger partial charge in [0.25, 0.3) is 0 Å². The molecule has 26 heavy (non-hydrogen) atoms. The molecule has 1 aliphatic heterocycles. The maximum atomic E-state index is 4.68. The minimum atomic E-state index is 0. The van der Waals surface area contributed by atoms with Crippen molar-refractivity contribution in [2.45, 2.75) is 59.5 Å². The lowest BCUT2D eigenvalue weighted by Gasteiger charge is -2.27. The van der Waals surface area contributed by atoms with Crippen molar-refractivity contribution in [3.63, 3.8) is 0 Å². The van der Waals surface area contributed by atoms with Gasteiger partial charge in [0.2, 0.25) is 0 Å². The van der Waals surface area contributed by atoms with Gasteiger partial charge in [0, 0.05) is 51.0 Å². The average molecular weight is 476 g/mol. The topological polar surface area (TPSA) is 48.7 Å². The van der Waals surface area contributed by atoms with E-state index in [0.717, 1.165) is 51.5 Å². The summed E-state index contributed by atoms with van der Waals surface area (Å²) in [6, 6.07) is 0.643. The van der Waals surface area contributed by atoms with E-state index in [4.69, 9.17) is 0 Å². The molecule has 1 unspecified atom stereocenters. The van der Waals surface area contributed by atoms with Crippen molar-refractivity contribution in [3.05, 3.63) is 17.0 Å². The summed E-state index contributed by atoms with van der Waals surface area (Å²) >= 11 is 0. The zero-order valence-electron chi connectivity index (χ0n) is 17.4. The number of rotatable bonds is 7. The third-order valence-corrected chi connectivity index (χ3v) is 5.45. The van der Waals surface area contributed by atoms with Gasteiger partial charge in [0.05, 0.1) is 5.69 Å². The van der Waals surface area contributed by atoms with E-state index in [9.17, 15) is 0 Å². The lowest BCUT2D eigenvalue weighted by atomic mass is 10.1. The second-order valence-corrected chi connectivity index (χ2v) is 6.71. The summed E-state index contributed by atoms with van der Waals surface area (Å²) in [5.74, 6) is 1.02. The van der Waals surface area contributed by atoms with Crippen molar-refractivity contribution >= 4 is 29.9 Å². The molecule has 0 spiro atoms. The second-order valence-electron chi connectivity index (χ2n) is 6.71. The van der Waals surface area contributed by atoms with Crippen LogP contribution in [0.1, 0.15) is 51.1 Å². The summed E-state index contributed by atoms with van der Waals surface area (Å²) < 4.78 is 2.03. The van der Waals surface area contributed by atoms with Gasteiger partial charge in [0.1, 0.15) is 0 Å². The third-order valence-electron chi connectivity index (χ3n) is 5.45. The van der Waals surface area contributed by atoms with Crippen LogP contribution in [0.5, 0.6) is 0 Å². The number of aromatic nitrogens is 2. The lowest BCUT2D eigenvalue weighted by Crippen LogP contribution is -2.43. The molecule has 7 heteroatoms. The third kappa shape index (κ3) is 5.12. The van der Waals surface area contributed by atoms with Crippen LogP contribution in [0.3, 0.4) is 0 Å². The molecule has 0 amide bonds. The fourth-order valence-electron chi connectivity index (χ4n) is 4.07. The van der Waals surface area contributed by atoms with Crippen molar-refractivity contribution in [2.75, 3.05) is 33.2 Å². The van der Waals surface area contributed by atoms with Gasteiger partial charge in [-0.1, -0.05) is 27.7 Å². The Bertz CT molecular complexity index is 579. The van der Waals surface area contributed by atoms with Crippen LogP contribution in [-0.4, -0.2) is 64.8 Å². The van der Waals surface area contributed by atoms with E-state index >= 15 is 0 Å². The number of aryl methyl sites for hydroxylation is 2. The van der Waals surface area contributed by atoms with Crippen molar-refractivity contribution < 1.29 is 0 Å². The van der Waals surface area contributed by atoms with Gasteiger partial charge < -0.3 is 10.2 Å². The lowest BCUT2D eigenvalue weighted by molar-refractivity contribution is 0.223. The molecule has 1 N–H and O–H groups in total. The molecule has 0 aromatic carbocycles. The summed E-state index contributed by atoms with van der Waals surface area (Å²) in [7, 11) is 3.93. The molecule has 1 fully saturated rings. The van der Waals surface area contributed by atoms with E-state index in [-0.39, 0.29) is 24.0 Å². The summed E-state index contributed by atoms with van der Waals surface area (Å²) in [6.45, 7) is 14.1. The smallest absolute Gasteiger partial charge is 0.193 e. The summed E-state index contributed by atoms with van der Waals surface area (Å²) in [5, 5.41) is 8.27. The first-order valence-electron chi connectivity index (χ1n) is 9.82. The molecular weight excluding hydrogens is 439 g/mol. The Labute approximate surface area is 176 Å². The molecule has 0 radical (unpaired) electrons. The maximum Gasteiger partial charge on any atom is 0.193 e. The first kappa shape index (κ1) is 23.2. The molecule has 6 nitrogen and oxygen atoms in total. The van der Waals surface area contributed by atoms with E-state index in [1.54, 1.807) is 0 Å². The Morgan fingerprint density at radius 2 is 1.92 bits per heavy atom. The molecule has 150 valence electrons. The largest absolute Gasteiger partial charge is 0.352 e. The monoisotopic (exact) mass is 476 g/mol. The zero-order chi connectivity index (χ0) is 18.4. The highest BCUT2D eigenvalue weighted by atomic mass is 127. The highest BCUT2D eigenvalue weighted by Gasteiger charge is 2.28. The molecule has 1 aliphatic rings. The summed E-state index contributed by atoms with van der Waals surface area (Å²) in [6.07, 6.45) is 3.19. The number of halogens is 1. The van der Waals surface area contributed by atoms with Crippen LogP contribution in [-0.2, 0) is 26.4 Å². The predicted molar refractivity (Wildman–Crippen MR) is 120 cm³/mol. The minimum absolute atomic E-state index is 0. The predicted octanol–water partition coefficient (Wildman–Crippen LogP) is 2.65. The van der Waals surface area contributed by atoms with Gasteiger partial charge in [-0.3, -0.25) is 14.6 Å². The quantitative estimate of drug-likeness (QED) is 0.374. The van der Waals surface area contributed by atoms with Gasteiger partial charge in [0.15, 0.2) is 5.96 Å². The number of hydrogen-bond acceptors (Lipinski definition) is 3. The highest BCUT2D eigenvalue weighted by molar-refractivity contribution is 14.0. The van der Waals surface area contributed by atoms with Crippen LogP contribution < -0.4 is 5.32 Å². The number of nitrogens with zero attached hydrogens (tertiary/aromatic N) is 5. The van der Waals surface area contributed by atoms with E-state index < -0.39 is 0 Å². The van der Waals surface area contributed by atoms with Crippen LogP contribution in [0.25, 0.3) is 0 Å². The zero-order valence-corrected chi connectivity index (χ0v) is 19.7. The summed E-state index contributed by atoms with van der Waals surface area (Å²) in [4.78, 5) is 9.49. The van der Waals surface area contributed by atoms with E-state index in [0.29, 0.717) is 6.04 Å². The molecular formula is C19H37IN6. The first-order valence-corrected chi connectivity index (χ1v) is 9.82. The Morgan fingerprint density at radius 1 is 1.23 bits per heavy atom. The van der Waals surface area contributed by atoms with Crippen LogP contribution in [0.4, 0.5) is 0 Å². The number of likely N-dealkylation sites (N-methyl/N-ethyl adjacent to an activating group) is 1. The van der Waals surface area contributed by atoms with Gasteiger partial charge in [-0.25, -0.2) is 0 Å². The normalized spacial score (nSPS) is 17.7. The number of aliphatic imine (C=N–C) groups is 1. The van der Waals surface area contributed by atoms with Crippen molar-refractivity contribution in [3.8, 4) is 0 Å². The van der Waals surface area contributed by atoms with Gasteiger partial charge in [-0.2, -0.15) is 5.10 Å². The fourth-order valence-corrected chi connectivity index (χ4v) is 4.07. The molecule has 0 aliphatic carbocycles. The van der Waals surface area contributed by atoms with Crippen LogP contribution in [0, 0.1) is 0 Å². The highest BCUT2D eigenvalue weighted by Crippen LogP contribution is 2.17. The first-order chi connectivity index (χ1) is 12.1. The maximum absolute atomic E-state index is 4.68. The Morgan fingerprint density at radius 3 is 2.46 bits per heavy atom. The fraction of sp³-hybridized carbons (Fsp3) is 0.789. The van der Waals surface area contributed by atoms with E-state index in [1.807, 2.05) is 18.8 Å². The number of guanidine groups is 1.